The molecule has 0 amide bonds. The third-order valence-corrected chi connectivity index (χ3v) is 3.36. The van der Waals surface area contributed by atoms with Gasteiger partial charge in [-0.05, 0) is 23.3 Å². The van der Waals surface area contributed by atoms with Crippen molar-refractivity contribution in [3.8, 4) is 5.75 Å². The summed E-state index contributed by atoms with van der Waals surface area (Å²) in [5, 5.41) is 0. The summed E-state index contributed by atoms with van der Waals surface area (Å²) in [7, 11) is 0. The van der Waals surface area contributed by atoms with Crippen LogP contribution in [-0.2, 0) is 12.1 Å². The number of hydrogen-bond donors (Lipinski definition) is 0. The molecule has 108 valence electrons. The molecule has 0 saturated heterocycles. The number of rotatable bonds is 4. The molecule has 0 radical (unpaired) electrons. The Labute approximate surface area is 119 Å². The number of alkyl halides is 3. The maximum atomic E-state index is 12.9. The first-order valence-corrected chi connectivity index (χ1v) is 6.42. The first-order valence-electron chi connectivity index (χ1n) is 6.42. The number of para-hydroxylation sites is 1. The van der Waals surface area contributed by atoms with Gasteiger partial charge in [0.25, 0.3) is 0 Å². The minimum Gasteiger partial charge on any atom is -0.489 e. The molecule has 5 heteroatoms. The van der Waals surface area contributed by atoms with Gasteiger partial charge in [0.15, 0.2) is 0 Å². The van der Waals surface area contributed by atoms with Crippen molar-refractivity contribution in [2.75, 3.05) is 0 Å². The minimum absolute atomic E-state index is 0.137. The van der Waals surface area contributed by atoms with Crippen LogP contribution in [0.25, 0.3) is 0 Å². The van der Waals surface area contributed by atoms with Crippen molar-refractivity contribution in [2.45, 2.75) is 18.3 Å². The van der Waals surface area contributed by atoms with Crippen LogP contribution in [-0.4, -0.2) is 12.4 Å². The molecule has 2 nitrogen and oxygen atoms in total. The first-order chi connectivity index (χ1) is 10.0. The standard InChI is InChI=1S/C16H12F3NO/c17-16(18,19)15(11-20-15)13-8-6-12(7-9-13)10-21-14-4-2-1-3-5-14/h1-9,11H,10H2. The lowest BCUT2D eigenvalue weighted by atomic mass is 9.96. The molecule has 3 rings (SSSR count). The SMILES string of the molecule is FC(F)(F)C1(c2ccc(COc3ccccc3)cc2)C=N1. The fourth-order valence-corrected chi connectivity index (χ4v) is 2.06. The summed E-state index contributed by atoms with van der Waals surface area (Å²) in [6, 6.07) is 15.4. The number of nitrogens with zero attached hydrogens (tertiary/aromatic N) is 1. The molecular formula is C16H12F3NO. The molecular weight excluding hydrogens is 279 g/mol. The predicted octanol–water partition coefficient (Wildman–Crippen LogP) is 4.11. The van der Waals surface area contributed by atoms with Crippen LogP contribution in [0.5, 0.6) is 5.75 Å². The fourth-order valence-electron chi connectivity index (χ4n) is 2.06. The van der Waals surface area contributed by atoms with Crippen LogP contribution in [0.2, 0.25) is 0 Å². The van der Waals surface area contributed by atoms with Crippen molar-refractivity contribution in [1.82, 2.24) is 0 Å². The highest BCUT2D eigenvalue weighted by Gasteiger charge is 2.61. The van der Waals surface area contributed by atoms with Gasteiger partial charge in [-0.1, -0.05) is 42.5 Å². The molecule has 0 bridgehead atoms. The molecule has 1 unspecified atom stereocenters. The van der Waals surface area contributed by atoms with Crippen molar-refractivity contribution in [3.05, 3.63) is 65.7 Å². The third kappa shape index (κ3) is 2.63. The second-order valence-corrected chi connectivity index (χ2v) is 4.82. The van der Waals surface area contributed by atoms with Crippen LogP contribution in [0.4, 0.5) is 13.2 Å². The van der Waals surface area contributed by atoms with Gasteiger partial charge < -0.3 is 4.74 Å². The second-order valence-electron chi connectivity index (χ2n) is 4.82. The van der Waals surface area contributed by atoms with E-state index in [2.05, 4.69) is 4.99 Å². The van der Waals surface area contributed by atoms with E-state index in [0.29, 0.717) is 6.61 Å². The van der Waals surface area contributed by atoms with Crippen LogP contribution < -0.4 is 4.74 Å². The summed E-state index contributed by atoms with van der Waals surface area (Å²) < 4.78 is 44.3. The number of halogens is 3. The summed E-state index contributed by atoms with van der Waals surface area (Å²) in [5.74, 6) is 0.721. The smallest absolute Gasteiger partial charge is 0.422 e. The van der Waals surface area contributed by atoms with Gasteiger partial charge in [0.1, 0.15) is 12.4 Å². The van der Waals surface area contributed by atoms with Gasteiger partial charge in [-0.15, -0.1) is 0 Å². The van der Waals surface area contributed by atoms with E-state index in [1.54, 1.807) is 12.1 Å². The van der Waals surface area contributed by atoms with E-state index in [0.717, 1.165) is 17.5 Å². The Morgan fingerprint density at radius 2 is 1.57 bits per heavy atom. The highest BCUT2D eigenvalue weighted by molar-refractivity contribution is 5.87. The minimum atomic E-state index is -4.38. The zero-order valence-electron chi connectivity index (χ0n) is 11.0. The van der Waals surface area contributed by atoms with E-state index in [1.807, 2.05) is 30.3 Å². The summed E-state index contributed by atoms with van der Waals surface area (Å²) in [6.45, 7) is 0.310. The van der Waals surface area contributed by atoms with Crippen LogP contribution in [0.1, 0.15) is 11.1 Å². The molecule has 1 aliphatic rings. The second kappa shape index (κ2) is 4.91. The van der Waals surface area contributed by atoms with E-state index in [4.69, 9.17) is 4.74 Å². The number of ether oxygens (including phenoxy) is 1. The molecule has 0 N–H and O–H groups in total. The van der Waals surface area contributed by atoms with Crippen LogP contribution in [0, 0.1) is 0 Å². The van der Waals surface area contributed by atoms with Gasteiger partial charge in [0.05, 0.1) is 0 Å². The normalized spacial score (nSPS) is 20.3. The van der Waals surface area contributed by atoms with Crippen molar-refractivity contribution < 1.29 is 17.9 Å². The summed E-state index contributed by atoms with van der Waals surface area (Å²) in [6.07, 6.45) is -3.45. The average molecular weight is 291 g/mol. The van der Waals surface area contributed by atoms with Crippen LogP contribution in [0.3, 0.4) is 0 Å². The fraction of sp³-hybridized carbons (Fsp3) is 0.188. The lowest BCUT2D eigenvalue weighted by molar-refractivity contribution is -0.156. The summed E-state index contributed by atoms with van der Waals surface area (Å²) >= 11 is 0. The number of hydrogen-bond acceptors (Lipinski definition) is 2. The van der Waals surface area contributed by atoms with Crippen molar-refractivity contribution in [3.63, 3.8) is 0 Å². The van der Waals surface area contributed by atoms with Gasteiger partial charge >= 0.3 is 6.18 Å². The Balaban J connectivity index is 1.68. The maximum absolute atomic E-state index is 12.9. The van der Waals surface area contributed by atoms with Crippen LogP contribution in [0.15, 0.2) is 59.6 Å². The zero-order valence-corrected chi connectivity index (χ0v) is 11.0. The molecule has 1 atom stereocenters. The van der Waals surface area contributed by atoms with Gasteiger partial charge in [-0.25, -0.2) is 0 Å². The van der Waals surface area contributed by atoms with Gasteiger partial charge in [0.2, 0.25) is 5.54 Å². The predicted molar refractivity (Wildman–Crippen MR) is 73.4 cm³/mol. The van der Waals surface area contributed by atoms with E-state index in [9.17, 15) is 13.2 Å². The largest absolute Gasteiger partial charge is 0.489 e. The quantitative estimate of drug-likeness (QED) is 0.830. The molecule has 2 aromatic rings. The lowest BCUT2D eigenvalue weighted by Crippen LogP contribution is -2.31. The summed E-state index contributed by atoms with van der Waals surface area (Å²) in [4.78, 5) is 3.42. The molecule has 0 fully saturated rings. The lowest BCUT2D eigenvalue weighted by Gasteiger charge is -2.18. The number of aliphatic imine (C=N–C) groups is 1. The molecule has 0 spiro atoms. The maximum Gasteiger partial charge on any atom is 0.422 e. The highest BCUT2D eigenvalue weighted by atomic mass is 19.4. The van der Waals surface area contributed by atoms with E-state index >= 15 is 0 Å². The Kier molecular flexibility index (Phi) is 3.20. The van der Waals surface area contributed by atoms with E-state index in [-0.39, 0.29) is 5.56 Å². The van der Waals surface area contributed by atoms with E-state index in [1.165, 1.54) is 12.1 Å². The molecule has 21 heavy (non-hydrogen) atoms. The van der Waals surface area contributed by atoms with Gasteiger partial charge in [0, 0.05) is 6.21 Å². The molecule has 0 aromatic heterocycles. The molecule has 2 aromatic carbocycles. The Morgan fingerprint density at radius 3 is 2.10 bits per heavy atom. The monoisotopic (exact) mass is 291 g/mol. The van der Waals surface area contributed by atoms with Crippen LogP contribution >= 0.6 is 0 Å². The van der Waals surface area contributed by atoms with Gasteiger partial charge in [-0.3, -0.25) is 4.99 Å². The number of benzene rings is 2. The molecule has 0 saturated carbocycles. The Hall–Kier alpha value is -2.30. The van der Waals surface area contributed by atoms with Gasteiger partial charge in [-0.2, -0.15) is 13.2 Å². The summed E-state index contributed by atoms with van der Waals surface area (Å²) in [5.41, 5.74) is -1.16. The highest BCUT2D eigenvalue weighted by Crippen LogP contribution is 2.47. The Bertz CT molecular complexity index is 641. The third-order valence-electron chi connectivity index (χ3n) is 3.36. The van der Waals surface area contributed by atoms with Crippen molar-refractivity contribution >= 4 is 6.21 Å². The average Bonchev–Trinajstić information content (AvgIpc) is 3.28. The molecule has 1 heterocycles. The van der Waals surface area contributed by atoms with Crippen molar-refractivity contribution in [2.24, 2.45) is 4.99 Å². The Morgan fingerprint density at radius 1 is 0.952 bits per heavy atom. The topological polar surface area (TPSA) is 21.6 Å². The van der Waals surface area contributed by atoms with E-state index < -0.39 is 11.7 Å². The zero-order chi connectivity index (χ0) is 14.9. The van der Waals surface area contributed by atoms with Crippen molar-refractivity contribution in [1.29, 1.82) is 0 Å². The first kappa shape index (κ1) is 13.7. The molecule has 1 aliphatic heterocycles. The molecule has 0 aliphatic carbocycles.